The molecule has 32 heavy (non-hydrogen) atoms. The summed E-state index contributed by atoms with van der Waals surface area (Å²) in [6.07, 6.45) is 3.11. The minimum Gasteiger partial charge on any atom is -0.421 e. The molecule has 4 heterocycles. The summed E-state index contributed by atoms with van der Waals surface area (Å²) in [6, 6.07) is 3.03. The van der Waals surface area contributed by atoms with Gasteiger partial charge in [-0.05, 0) is 24.6 Å². The quantitative estimate of drug-likeness (QED) is 0.419. The fourth-order valence-corrected chi connectivity index (χ4v) is 3.83. The van der Waals surface area contributed by atoms with Crippen molar-refractivity contribution in [1.82, 2.24) is 24.9 Å². The number of hydrogen-bond acceptors (Lipinski definition) is 8. The van der Waals surface area contributed by atoms with Crippen LogP contribution in [0.4, 0.5) is 15.9 Å². The molecule has 0 radical (unpaired) electrons. The van der Waals surface area contributed by atoms with Gasteiger partial charge in [-0.3, -0.25) is 0 Å². The SMILES string of the molecule is CNc1cc(F)cc2c1[nH]c1nc(Oc3cnc(C)nc3)nc(N3CC(=C(Cl)CN)C3)c12. The number of H-pyrrole nitrogens is 1. The second kappa shape index (κ2) is 7.88. The lowest BCUT2D eigenvalue weighted by atomic mass is 10.1. The van der Waals surface area contributed by atoms with Gasteiger partial charge >= 0.3 is 6.01 Å². The highest BCUT2D eigenvalue weighted by atomic mass is 35.5. The molecule has 0 atom stereocenters. The van der Waals surface area contributed by atoms with Crippen molar-refractivity contribution in [1.29, 1.82) is 0 Å². The van der Waals surface area contributed by atoms with Crippen molar-refractivity contribution < 1.29 is 9.13 Å². The maximum Gasteiger partial charge on any atom is 0.326 e. The number of nitrogens with one attached hydrogen (secondary N) is 2. The Morgan fingerprint density at radius 3 is 2.72 bits per heavy atom. The zero-order valence-electron chi connectivity index (χ0n) is 17.4. The Morgan fingerprint density at radius 1 is 1.28 bits per heavy atom. The number of rotatable bonds is 5. The van der Waals surface area contributed by atoms with Crippen LogP contribution in [0.2, 0.25) is 0 Å². The second-order valence-corrected chi connectivity index (χ2v) is 7.90. The van der Waals surface area contributed by atoms with Gasteiger partial charge in [0.05, 0.1) is 29.0 Å². The average Bonchev–Trinajstić information content (AvgIpc) is 3.11. The summed E-state index contributed by atoms with van der Waals surface area (Å²) in [4.78, 5) is 22.7. The molecule has 1 fully saturated rings. The van der Waals surface area contributed by atoms with Gasteiger partial charge in [-0.1, -0.05) is 11.6 Å². The molecule has 1 aromatic carbocycles. The number of nitrogens with zero attached hydrogens (tertiary/aromatic N) is 5. The number of fused-ring (bicyclic) bond motifs is 3. The van der Waals surface area contributed by atoms with E-state index >= 15 is 0 Å². The molecule has 3 aromatic heterocycles. The maximum atomic E-state index is 14.3. The van der Waals surface area contributed by atoms with Crippen LogP contribution in [0.1, 0.15) is 5.82 Å². The predicted molar refractivity (Wildman–Crippen MR) is 122 cm³/mol. The van der Waals surface area contributed by atoms with Crippen molar-refractivity contribution in [3.63, 3.8) is 0 Å². The van der Waals surface area contributed by atoms with Gasteiger partial charge in [0.1, 0.15) is 23.1 Å². The molecule has 5 rings (SSSR count). The maximum absolute atomic E-state index is 14.3. The van der Waals surface area contributed by atoms with Crippen molar-refractivity contribution >= 4 is 45.0 Å². The fourth-order valence-electron chi connectivity index (χ4n) is 3.72. The van der Waals surface area contributed by atoms with E-state index in [0.29, 0.717) is 57.6 Å². The molecule has 4 aromatic rings. The second-order valence-electron chi connectivity index (χ2n) is 7.44. The Labute approximate surface area is 187 Å². The molecule has 4 N–H and O–H groups in total. The fraction of sp³-hybridized carbons (Fsp3) is 0.238. The van der Waals surface area contributed by atoms with Crippen molar-refractivity contribution in [2.75, 3.05) is 36.9 Å². The largest absolute Gasteiger partial charge is 0.421 e. The Hall–Kier alpha value is -3.50. The van der Waals surface area contributed by atoms with E-state index < -0.39 is 0 Å². The number of aryl methyl sites for hydroxylation is 1. The first kappa shape index (κ1) is 20.4. The minimum atomic E-state index is -0.360. The number of aromatic amines is 1. The molecular formula is C21H20ClFN8O. The molecule has 1 aliphatic rings. The van der Waals surface area contributed by atoms with Crippen molar-refractivity contribution in [3.8, 4) is 11.8 Å². The van der Waals surface area contributed by atoms with E-state index in [9.17, 15) is 4.39 Å². The highest BCUT2D eigenvalue weighted by Gasteiger charge is 2.28. The first-order chi connectivity index (χ1) is 15.5. The molecular weight excluding hydrogens is 435 g/mol. The van der Waals surface area contributed by atoms with Crippen LogP contribution in [0.5, 0.6) is 11.8 Å². The van der Waals surface area contributed by atoms with Crippen LogP contribution in [0.25, 0.3) is 21.9 Å². The third kappa shape index (κ3) is 3.47. The average molecular weight is 455 g/mol. The lowest BCUT2D eigenvalue weighted by molar-refractivity contribution is 0.438. The molecule has 0 saturated carbocycles. The van der Waals surface area contributed by atoms with E-state index in [-0.39, 0.29) is 18.4 Å². The third-order valence-corrected chi connectivity index (χ3v) is 5.77. The molecule has 164 valence electrons. The van der Waals surface area contributed by atoms with Gasteiger partial charge in [0, 0.05) is 37.1 Å². The van der Waals surface area contributed by atoms with E-state index in [0.717, 1.165) is 11.1 Å². The number of hydrogen-bond donors (Lipinski definition) is 3. The molecule has 0 unspecified atom stereocenters. The number of ether oxygens (including phenoxy) is 1. The number of benzene rings is 1. The van der Waals surface area contributed by atoms with Crippen LogP contribution in [-0.2, 0) is 0 Å². The van der Waals surface area contributed by atoms with Gasteiger partial charge in [0.25, 0.3) is 0 Å². The van der Waals surface area contributed by atoms with Crippen LogP contribution in [0, 0.1) is 12.7 Å². The first-order valence-corrected chi connectivity index (χ1v) is 10.3. The number of aromatic nitrogens is 5. The number of nitrogens with two attached hydrogens (primary N) is 1. The monoisotopic (exact) mass is 454 g/mol. The number of anilines is 2. The summed E-state index contributed by atoms with van der Waals surface area (Å²) in [5.41, 5.74) is 8.58. The van der Waals surface area contributed by atoms with E-state index in [4.69, 9.17) is 22.1 Å². The summed E-state index contributed by atoms with van der Waals surface area (Å²) < 4.78 is 20.2. The summed E-state index contributed by atoms with van der Waals surface area (Å²) >= 11 is 6.22. The Morgan fingerprint density at radius 2 is 2.03 bits per heavy atom. The Bertz CT molecular complexity index is 1360. The smallest absolute Gasteiger partial charge is 0.326 e. The minimum absolute atomic E-state index is 0.125. The van der Waals surface area contributed by atoms with Crippen LogP contribution in [0.15, 0.2) is 35.1 Å². The molecule has 1 aliphatic heterocycles. The van der Waals surface area contributed by atoms with E-state index in [2.05, 4.69) is 30.2 Å². The molecule has 11 heteroatoms. The van der Waals surface area contributed by atoms with Gasteiger partial charge in [0.2, 0.25) is 0 Å². The van der Waals surface area contributed by atoms with Gasteiger partial charge in [-0.2, -0.15) is 9.97 Å². The van der Waals surface area contributed by atoms with Crippen LogP contribution in [-0.4, -0.2) is 51.6 Å². The summed E-state index contributed by atoms with van der Waals surface area (Å²) in [7, 11) is 1.74. The Kier molecular flexibility index (Phi) is 5.03. The van der Waals surface area contributed by atoms with Crippen LogP contribution >= 0.6 is 11.6 Å². The summed E-state index contributed by atoms with van der Waals surface area (Å²) in [5, 5.41) is 5.03. The Balaban J connectivity index is 1.67. The van der Waals surface area contributed by atoms with Crippen molar-refractivity contribution in [2.24, 2.45) is 5.73 Å². The van der Waals surface area contributed by atoms with Gasteiger partial charge in [-0.15, -0.1) is 0 Å². The summed E-state index contributed by atoms with van der Waals surface area (Å²) in [6.45, 7) is 3.20. The van der Waals surface area contributed by atoms with E-state index in [1.54, 1.807) is 26.4 Å². The highest BCUT2D eigenvalue weighted by Crippen LogP contribution is 2.39. The third-order valence-electron chi connectivity index (χ3n) is 5.35. The van der Waals surface area contributed by atoms with Crippen LogP contribution in [0.3, 0.4) is 0 Å². The predicted octanol–water partition coefficient (Wildman–Crippen LogP) is 3.45. The molecule has 0 aliphatic carbocycles. The topological polar surface area (TPSA) is 118 Å². The standard InChI is InChI=1S/C21H20ClFN8O/c1-10-26-6-13(7-27-10)32-21-29-19-17(14-3-12(23)4-16(25-2)18(14)28-19)20(30-21)31-8-11(9-31)15(22)5-24/h3-4,6-7,25H,5,8-9,24H2,1-2H3,(H,28,29,30). The highest BCUT2D eigenvalue weighted by molar-refractivity contribution is 6.30. The summed E-state index contributed by atoms with van der Waals surface area (Å²) in [5.74, 6) is 1.29. The molecule has 0 amide bonds. The zero-order valence-corrected chi connectivity index (χ0v) is 18.2. The van der Waals surface area contributed by atoms with E-state index in [1.807, 2.05) is 4.90 Å². The molecule has 1 saturated heterocycles. The number of halogens is 2. The lowest BCUT2D eigenvalue weighted by Gasteiger charge is -2.36. The zero-order chi connectivity index (χ0) is 22.4. The van der Waals surface area contributed by atoms with Crippen LogP contribution < -0.4 is 20.7 Å². The molecule has 9 nitrogen and oxygen atoms in total. The molecule has 0 spiro atoms. The van der Waals surface area contributed by atoms with Gasteiger partial charge < -0.3 is 25.7 Å². The van der Waals surface area contributed by atoms with Gasteiger partial charge in [-0.25, -0.2) is 14.4 Å². The van der Waals surface area contributed by atoms with Gasteiger partial charge in [0.15, 0.2) is 5.75 Å². The van der Waals surface area contributed by atoms with E-state index in [1.165, 1.54) is 12.1 Å². The lowest BCUT2D eigenvalue weighted by Crippen LogP contribution is -2.42. The first-order valence-electron chi connectivity index (χ1n) is 9.95. The van der Waals surface area contributed by atoms with Crippen molar-refractivity contribution in [3.05, 3.63) is 46.8 Å². The molecule has 0 bridgehead atoms. The van der Waals surface area contributed by atoms with Crippen molar-refractivity contribution in [2.45, 2.75) is 6.92 Å². The normalized spacial score (nSPS) is 13.5.